The van der Waals surface area contributed by atoms with Gasteiger partial charge in [-0.2, -0.15) is 0 Å². The second-order valence-electron chi connectivity index (χ2n) is 7.40. The number of anilines is 2. The van der Waals surface area contributed by atoms with E-state index < -0.39 is 5.83 Å². The molecule has 1 amide bonds. The Kier molecular flexibility index (Phi) is 5.93. The van der Waals surface area contributed by atoms with Crippen LogP contribution in [0, 0.1) is 0 Å². The van der Waals surface area contributed by atoms with Crippen LogP contribution in [0.15, 0.2) is 79.6 Å². The number of rotatable bonds is 5. The number of amides is 1. The van der Waals surface area contributed by atoms with Crippen molar-refractivity contribution in [1.29, 1.82) is 0 Å². The summed E-state index contributed by atoms with van der Waals surface area (Å²) in [5.41, 5.74) is 8.53. The number of aromatic nitrogens is 3. The summed E-state index contributed by atoms with van der Waals surface area (Å²) in [5.74, 6) is 0.0991. The fourth-order valence-corrected chi connectivity index (χ4v) is 3.79. The van der Waals surface area contributed by atoms with Crippen molar-refractivity contribution < 1.29 is 9.18 Å². The molecule has 2 aromatic heterocycles. The van der Waals surface area contributed by atoms with Crippen molar-refractivity contribution in [3.63, 3.8) is 0 Å². The first kappa shape index (κ1) is 21.2. The van der Waals surface area contributed by atoms with Gasteiger partial charge in [-0.1, -0.05) is 25.3 Å². The van der Waals surface area contributed by atoms with Gasteiger partial charge < -0.3 is 15.5 Å². The van der Waals surface area contributed by atoms with Gasteiger partial charge in [-0.15, -0.1) is 0 Å². The van der Waals surface area contributed by atoms with Gasteiger partial charge in [-0.25, -0.2) is 19.3 Å². The summed E-state index contributed by atoms with van der Waals surface area (Å²) in [5, 5.41) is 0.907. The minimum absolute atomic E-state index is 0.0674. The van der Waals surface area contributed by atoms with Gasteiger partial charge in [0.25, 0.3) is 5.91 Å². The summed E-state index contributed by atoms with van der Waals surface area (Å²) in [6.45, 7) is 8.79. The van der Waals surface area contributed by atoms with Gasteiger partial charge in [-0.05, 0) is 41.5 Å². The summed E-state index contributed by atoms with van der Waals surface area (Å²) >= 11 is 0. The van der Waals surface area contributed by atoms with E-state index in [-0.39, 0.29) is 11.5 Å². The number of benzene rings is 1. The summed E-state index contributed by atoms with van der Waals surface area (Å²) in [6.07, 6.45) is 5.95. The van der Waals surface area contributed by atoms with Gasteiger partial charge in [0, 0.05) is 37.8 Å². The lowest BCUT2D eigenvalue weighted by Gasteiger charge is -2.36. The minimum Gasteiger partial charge on any atom is -0.384 e. The number of carbonyl (C=O) groups excluding carboxylic acids is 1. The van der Waals surface area contributed by atoms with Crippen LogP contribution < -0.4 is 10.6 Å². The first-order chi connectivity index (χ1) is 15.5. The summed E-state index contributed by atoms with van der Waals surface area (Å²) in [6, 6.07) is 9.70. The molecule has 3 aromatic rings. The molecule has 0 spiro atoms. The Morgan fingerprint density at radius 2 is 1.81 bits per heavy atom. The molecule has 0 aliphatic carbocycles. The van der Waals surface area contributed by atoms with E-state index >= 15 is 0 Å². The number of pyridine rings is 1. The molecule has 162 valence electrons. The first-order valence-electron chi connectivity index (χ1n) is 10.2. The predicted molar refractivity (Wildman–Crippen MR) is 125 cm³/mol. The zero-order valence-corrected chi connectivity index (χ0v) is 17.5. The number of fused-ring (bicyclic) bond motifs is 1. The third-order valence-electron chi connectivity index (χ3n) is 5.40. The van der Waals surface area contributed by atoms with Crippen molar-refractivity contribution in [1.82, 2.24) is 19.9 Å². The van der Waals surface area contributed by atoms with Crippen LogP contribution >= 0.6 is 0 Å². The molecule has 0 unspecified atom stereocenters. The highest BCUT2D eigenvalue weighted by molar-refractivity contribution is 5.97. The largest absolute Gasteiger partial charge is 0.384 e. The molecule has 8 heteroatoms. The number of piperazine rings is 1. The van der Waals surface area contributed by atoms with E-state index in [1.807, 2.05) is 30.3 Å². The molecule has 32 heavy (non-hydrogen) atoms. The van der Waals surface area contributed by atoms with Crippen LogP contribution in [-0.4, -0.2) is 51.9 Å². The van der Waals surface area contributed by atoms with Crippen molar-refractivity contribution in [3.8, 4) is 11.1 Å². The molecule has 1 saturated heterocycles. The van der Waals surface area contributed by atoms with Crippen molar-refractivity contribution in [3.05, 3.63) is 79.6 Å². The molecule has 0 bridgehead atoms. The fraction of sp³-hybridized carbons (Fsp3) is 0.167. The third kappa shape index (κ3) is 4.20. The highest BCUT2D eigenvalue weighted by Gasteiger charge is 2.26. The molecule has 0 saturated carbocycles. The Morgan fingerprint density at radius 3 is 2.50 bits per heavy atom. The zero-order chi connectivity index (χ0) is 22.7. The fourth-order valence-electron chi connectivity index (χ4n) is 3.79. The SMILES string of the molecule is C=C/C=C(\C(=C)F)C(=O)N1CCN(c2ncnc3ccc(-c4ccnc(N)c4)cc23)CC1. The minimum atomic E-state index is -0.761. The molecular weight excluding hydrogens is 407 g/mol. The molecule has 1 aliphatic heterocycles. The van der Waals surface area contributed by atoms with Gasteiger partial charge in [0.1, 0.15) is 23.8 Å². The van der Waals surface area contributed by atoms with Gasteiger partial charge in [0.05, 0.1) is 11.1 Å². The number of carbonyl (C=O) groups is 1. The highest BCUT2D eigenvalue weighted by Crippen LogP contribution is 2.30. The average Bonchev–Trinajstić information content (AvgIpc) is 2.81. The van der Waals surface area contributed by atoms with Crippen LogP contribution in [0.1, 0.15) is 0 Å². The molecule has 1 aromatic carbocycles. The Labute approximate surface area is 185 Å². The van der Waals surface area contributed by atoms with Gasteiger partial charge in [-0.3, -0.25) is 4.79 Å². The number of hydrogen-bond donors (Lipinski definition) is 1. The van der Waals surface area contributed by atoms with Crippen LogP contribution in [0.25, 0.3) is 22.0 Å². The maximum atomic E-state index is 13.7. The maximum absolute atomic E-state index is 13.7. The molecule has 4 rings (SSSR count). The normalized spacial score (nSPS) is 14.5. The number of nitrogens with two attached hydrogens (primary N) is 1. The topological polar surface area (TPSA) is 88.2 Å². The molecular formula is C24H23FN6O. The molecule has 2 N–H and O–H groups in total. The molecule has 0 atom stereocenters. The Balaban J connectivity index is 1.59. The van der Waals surface area contributed by atoms with Crippen molar-refractivity contribution >= 4 is 28.4 Å². The summed E-state index contributed by atoms with van der Waals surface area (Å²) < 4.78 is 13.7. The van der Waals surface area contributed by atoms with E-state index in [1.54, 1.807) is 11.1 Å². The van der Waals surface area contributed by atoms with Crippen molar-refractivity contribution in [2.24, 2.45) is 0 Å². The van der Waals surface area contributed by atoms with Crippen LogP contribution in [0.2, 0.25) is 0 Å². The highest BCUT2D eigenvalue weighted by atomic mass is 19.1. The second kappa shape index (κ2) is 8.97. The predicted octanol–water partition coefficient (Wildman–Crippen LogP) is 3.52. The van der Waals surface area contributed by atoms with Crippen LogP contribution in [0.3, 0.4) is 0 Å². The maximum Gasteiger partial charge on any atom is 0.256 e. The number of hydrogen-bond acceptors (Lipinski definition) is 6. The lowest BCUT2D eigenvalue weighted by Crippen LogP contribution is -2.49. The van der Waals surface area contributed by atoms with Gasteiger partial charge >= 0.3 is 0 Å². The standard InChI is InChI=1S/C24H23FN6O/c1-3-4-19(16(2)25)24(32)31-11-9-30(10-12-31)23-20-13-17(5-6-21(20)28-15-29-23)18-7-8-27-22(26)14-18/h3-8,13-15H,1-2,9-12H2,(H2,26,27)/b19-4+. The average molecular weight is 430 g/mol. The quantitative estimate of drug-likeness (QED) is 0.492. The van der Waals surface area contributed by atoms with Crippen LogP contribution in [-0.2, 0) is 4.79 Å². The molecule has 7 nitrogen and oxygen atoms in total. The Morgan fingerprint density at radius 1 is 1.06 bits per heavy atom. The van der Waals surface area contributed by atoms with E-state index in [4.69, 9.17) is 5.73 Å². The molecule has 0 radical (unpaired) electrons. The lowest BCUT2D eigenvalue weighted by molar-refractivity contribution is -0.127. The van der Waals surface area contributed by atoms with Crippen LogP contribution in [0.5, 0.6) is 0 Å². The van der Waals surface area contributed by atoms with E-state index in [2.05, 4.69) is 33.0 Å². The monoisotopic (exact) mass is 430 g/mol. The summed E-state index contributed by atoms with van der Waals surface area (Å²) in [7, 11) is 0. The van der Waals surface area contributed by atoms with Crippen LogP contribution in [0.4, 0.5) is 16.0 Å². The number of halogens is 1. The molecule has 1 aliphatic rings. The number of nitrogen functional groups attached to an aromatic ring is 1. The Bertz CT molecular complexity index is 1230. The van der Waals surface area contributed by atoms with E-state index in [9.17, 15) is 9.18 Å². The lowest BCUT2D eigenvalue weighted by atomic mass is 10.0. The van der Waals surface area contributed by atoms with E-state index in [0.717, 1.165) is 27.8 Å². The summed E-state index contributed by atoms with van der Waals surface area (Å²) in [4.78, 5) is 29.3. The number of nitrogens with zero attached hydrogens (tertiary/aromatic N) is 5. The number of allylic oxidation sites excluding steroid dienone is 2. The molecule has 1 fully saturated rings. The van der Waals surface area contributed by atoms with Gasteiger partial charge in [0.15, 0.2) is 0 Å². The van der Waals surface area contributed by atoms with E-state index in [1.165, 1.54) is 18.5 Å². The van der Waals surface area contributed by atoms with E-state index in [0.29, 0.717) is 32.0 Å². The first-order valence-corrected chi connectivity index (χ1v) is 10.2. The Hall–Kier alpha value is -4.07. The zero-order valence-electron chi connectivity index (χ0n) is 17.5. The third-order valence-corrected chi connectivity index (χ3v) is 5.40. The second-order valence-corrected chi connectivity index (χ2v) is 7.40. The van der Waals surface area contributed by atoms with Crippen molar-refractivity contribution in [2.75, 3.05) is 36.8 Å². The van der Waals surface area contributed by atoms with Crippen molar-refractivity contribution in [2.45, 2.75) is 0 Å². The molecule has 3 heterocycles. The van der Waals surface area contributed by atoms with Gasteiger partial charge in [0.2, 0.25) is 0 Å². The smallest absolute Gasteiger partial charge is 0.256 e.